The molecule has 16 heavy (non-hydrogen) atoms. The van der Waals surface area contributed by atoms with Crippen LogP contribution in [-0.2, 0) is 5.41 Å². The second-order valence-electron chi connectivity index (χ2n) is 5.83. The number of hydrogen-bond donors (Lipinski definition) is 1. The standard InChI is InChI=1S/C14H22O2/c1-10-4-5-12(13(15)8-10)14(2,3)11-6-7-16-9-11/h6-7,9-10,12-13,15H,4-5,8H2,1-3H3. The Morgan fingerprint density at radius 1 is 1.38 bits per heavy atom. The fourth-order valence-electron chi connectivity index (χ4n) is 3.04. The minimum atomic E-state index is -0.173. The summed E-state index contributed by atoms with van der Waals surface area (Å²) in [5, 5.41) is 10.2. The van der Waals surface area contributed by atoms with Crippen LogP contribution in [0.1, 0.15) is 45.6 Å². The molecular weight excluding hydrogens is 200 g/mol. The highest BCUT2D eigenvalue weighted by Gasteiger charge is 2.39. The smallest absolute Gasteiger partial charge is 0.0940 e. The van der Waals surface area contributed by atoms with Crippen LogP contribution in [0.25, 0.3) is 0 Å². The molecule has 0 radical (unpaired) electrons. The van der Waals surface area contributed by atoms with Gasteiger partial charge in [-0.1, -0.05) is 27.2 Å². The van der Waals surface area contributed by atoms with E-state index in [4.69, 9.17) is 4.42 Å². The molecule has 2 rings (SSSR count). The third kappa shape index (κ3) is 2.03. The second kappa shape index (κ2) is 4.25. The Labute approximate surface area is 97.7 Å². The molecule has 0 saturated heterocycles. The first kappa shape index (κ1) is 11.7. The SMILES string of the molecule is CC1CCC(C(C)(C)c2ccoc2)C(O)C1. The van der Waals surface area contributed by atoms with Crippen LogP contribution in [0.15, 0.2) is 23.0 Å². The third-order valence-corrected chi connectivity index (χ3v) is 4.27. The molecule has 3 atom stereocenters. The summed E-state index contributed by atoms with van der Waals surface area (Å²) >= 11 is 0. The van der Waals surface area contributed by atoms with Crippen molar-refractivity contribution in [3.05, 3.63) is 24.2 Å². The van der Waals surface area contributed by atoms with Gasteiger partial charge in [0.25, 0.3) is 0 Å². The van der Waals surface area contributed by atoms with E-state index in [2.05, 4.69) is 20.8 Å². The maximum atomic E-state index is 10.2. The van der Waals surface area contributed by atoms with E-state index in [1.165, 1.54) is 12.0 Å². The molecule has 2 heteroatoms. The van der Waals surface area contributed by atoms with E-state index in [1.54, 1.807) is 6.26 Å². The summed E-state index contributed by atoms with van der Waals surface area (Å²) in [6.45, 7) is 6.65. The molecule has 90 valence electrons. The van der Waals surface area contributed by atoms with Gasteiger partial charge in [0, 0.05) is 0 Å². The first-order valence-corrected chi connectivity index (χ1v) is 6.22. The summed E-state index contributed by atoms with van der Waals surface area (Å²) in [5.41, 5.74) is 1.21. The lowest BCUT2D eigenvalue weighted by Gasteiger charge is -2.41. The lowest BCUT2D eigenvalue weighted by Crippen LogP contribution is -2.41. The van der Waals surface area contributed by atoms with Crippen LogP contribution in [0.3, 0.4) is 0 Å². The molecule has 3 unspecified atom stereocenters. The van der Waals surface area contributed by atoms with Crippen molar-refractivity contribution in [2.45, 2.75) is 51.6 Å². The summed E-state index contributed by atoms with van der Waals surface area (Å²) in [6, 6.07) is 2.02. The van der Waals surface area contributed by atoms with Crippen LogP contribution >= 0.6 is 0 Å². The quantitative estimate of drug-likeness (QED) is 0.832. The molecule has 1 aromatic heterocycles. The summed E-state index contributed by atoms with van der Waals surface area (Å²) in [6.07, 6.45) is 6.63. The number of furan rings is 1. The molecule has 1 heterocycles. The van der Waals surface area contributed by atoms with Crippen LogP contribution in [0.2, 0.25) is 0 Å². The predicted octanol–water partition coefficient (Wildman–Crippen LogP) is 3.35. The fraction of sp³-hybridized carbons (Fsp3) is 0.714. The molecule has 0 bridgehead atoms. The van der Waals surface area contributed by atoms with E-state index in [0.29, 0.717) is 11.8 Å². The van der Waals surface area contributed by atoms with Crippen molar-refractivity contribution in [2.75, 3.05) is 0 Å². The van der Waals surface area contributed by atoms with E-state index in [0.717, 1.165) is 12.8 Å². The zero-order valence-corrected chi connectivity index (χ0v) is 10.4. The first-order valence-electron chi connectivity index (χ1n) is 6.22. The van der Waals surface area contributed by atoms with Gasteiger partial charge in [0.1, 0.15) is 0 Å². The van der Waals surface area contributed by atoms with Crippen molar-refractivity contribution in [2.24, 2.45) is 11.8 Å². The Morgan fingerprint density at radius 2 is 2.12 bits per heavy atom. The van der Waals surface area contributed by atoms with Crippen molar-refractivity contribution in [3.63, 3.8) is 0 Å². The molecule has 2 nitrogen and oxygen atoms in total. The molecule has 0 amide bonds. The highest BCUT2D eigenvalue weighted by molar-refractivity contribution is 5.20. The Kier molecular flexibility index (Phi) is 3.11. The van der Waals surface area contributed by atoms with Gasteiger partial charge >= 0.3 is 0 Å². The fourth-order valence-corrected chi connectivity index (χ4v) is 3.04. The lowest BCUT2D eigenvalue weighted by molar-refractivity contribution is 0.0142. The van der Waals surface area contributed by atoms with E-state index >= 15 is 0 Å². The zero-order valence-electron chi connectivity index (χ0n) is 10.4. The molecule has 0 aromatic carbocycles. The van der Waals surface area contributed by atoms with Gasteiger partial charge in [-0.15, -0.1) is 0 Å². The average Bonchev–Trinajstić information content (AvgIpc) is 2.69. The summed E-state index contributed by atoms with van der Waals surface area (Å²) in [5.74, 6) is 1.01. The Balaban J connectivity index is 2.17. The van der Waals surface area contributed by atoms with Gasteiger partial charge in [-0.3, -0.25) is 0 Å². The van der Waals surface area contributed by atoms with Crippen molar-refractivity contribution in [1.82, 2.24) is 0 Å². The minimum absolute atomic E-state index is 0.00650. The molecular formula is C14H22O2. The van der Waals surface area contributed by atoms with Gasteiger partial charge in [0.2, 0.25) is 0 Å². The molecule has 0 aliphatic heterocycles. The van der Waals surface area contributed by atoms with Crippen LogP contribution in [0, 0.1) is 11.8 Å². The van der Waals surface area contributed by atoms with E-state index in [-0.39, 0.29) is 11.5 Å². The van der Waals surface area contributed by atoms with E-state index in [1.807, 2.05) is 12.3 Å². The number of rotatable bonds is 2. The number of aliphatic hydroxyl groups is 1. The Hall–Kier alpha value is -0.760. The van der Waals surface area contributed by atoms with Crippen molar-refractivity contribution in [1.29, 1.82) is 0 Å². The van der Waals surface area contributed by atoms with Crippen molar-refractivity contribution >= 4 is 0 Å². The van der Waals surface area contributed by atoms with Crippen LogP contribution in [0.4, 0.5) is 0 Å². The van der Waals surface area contributed by atoms with Crippen molar-refractivity contribution < 1.29 is 9.52 Å². The zero-order chi connectivity index (χ0) is 11.8. The summed E-state index contributed by atoms with van der Waals surface area (Å²) in [7, 11) is 0. The van der Waals surface area contributed by atoms with Gasteiger partial charge in [-0.2, -0.15) is 0 Å². The van der Waals surface area contributed by atoms with Crippen molar-refractivity contribution in [3.8, 4) is 0 Å². The molecule has 1 fully saturated rings. The normalized spacial score (nSPS) is 31.6. The molecule has 1 aliphatic rings. The molecule has 1 saturated carbocycles. The first-order chi connectivity index (χ1) is 7.51. The van der Waals surface area contributed by atoms with Gasteiger partial charge in [0.15, 0.2) is 0 Å². The third-order valence-electron chi connectivity index (χ3n) is 4.27. The number of aliphatic hydroxyl groups excluding tert-OH is 1. The maximum absolute atomic E-state index is 10.2. The molecule has 1 N–H and O–H groups in total. The summed E-state index contributed by atoms with van der Waals surface area (Å²) in [4.78, 5) is 0. The molecule has 1 aliphatic carbocycles. The van der Waals surface area contributed by atoms with Gasteiger partial charge in [0.05, 0.1) is 18.6 Å². The Morgan fingerprint density at radius 3 is 2.69 bits per heavy atom. The molecule has 1 aromatic rings. The lowest BCUT2D eigenvalue weighted by atomic mass is 9.65. The maximum Gasteiger partial charge on any atom is 0.0940 e. The van der Waals surface area contributed by atoms with E-state index < -0.39 is 0 Å². The monoisotopic (exact) mass is 222 g/mol. The van der Waals surface area contributed by atoms with Crippen LogP contribution < -0.4 is 0 Å². The largest absolute Gasteiger partial charge is 0.472 e. The van der Waals surface area contributed by atoms with Gasteiger partial charge in [-0.05, 0) is 41.7 Å². The van der Waals surface area contributed by atoms with Gasteiger partial charge < -0.3 is 9.52 Å². The Bertz CT molecular complexity index is 327. The predicted molar refractivity (Wildman–Crippen MR) is 64.2 cm³/mol. The topological polar surface area (TPSA) is 33.4 Å². The van der Waals surface area contributed by atoms with Crippen LogP contribution in [0.5, 0.6) is 0 Å². The van der Waals surface area contributed by atoms with Gasteiger partial charge in [-0.25, -0.2) is 0 Å². The van der Waals surface area contributed by atoms with Crippen LogP contribution in [-0.4, -0.2) is 11.2 Å². The highest BCUT2D eigenvalue weighted by Crippen LogP contribution is 2.42. The second-order valence-corrected chi connectivity index (χ2v) is 5.83. The highest BCUT2D eigenvalue weighted by atomic mass is 16.3. The number of hydrogen-bond acceptors (Lipinski definition) is 2. The summed E-state index contributed by atoms with van der Waals surface area (Å²) < 4.78 is 5.17. The molecule has 0 spiro atoms. The van der Waals surface area contributed by atoms with E-state index in [9.17, 15) is 5.11 Å². The average molecular weight is 222 g/mol. The minimum Gasteiger partial charge on any atom is -0.472 e.